The molecule has 0 unspecified atom stereocenters. The highest BCUT2D eigenvalue weighted by Crippen LogP contribution is 2.25. The molecule has 114 valence electrons. The molecule has 0 aliphatic heterocycles. The van der Waals surface area contributed by atoms with Crippen molar-refractivity contribution in [3.63, 3.8) is 0 Å². The maximum Gasteiger partial charge on any atom is 0.311 e. The highest BCUT2D eigenvalue weighted by atomic mass is 16.5. The molecular formula is C17H34O2. The molecule has 0 spiro atoms. The van der Waals surface area contributed by atoms with Gasteiger partial charge in [0, 0.05) is 0 Å². The molecule has 0 aliphatic carbocycles. The van der Waals surface area contributed by atoms with E-state index in [1.54, 1.807) is 0 Å². The first kappa shape index (κ1) is 18.5. The van der Waals surface area contributed by atoms with Crippen LogP contribution in [0.25, 0.3) is 0 Å². The average molecular weight is 270 g/mol. The van der Waals surface area contributed by atoms with E-state index in [2.05, 4.69) is 27.7 Å². The van der Waals surface area contributed by atoms with Gasteiger partial charge in [0.05, 0.1) is 5.41 Å². The normalized spacial score (nSPS) is 12.5. The van der Waals surface area contributed by atoms with Gasteiger partial charge in [0.15, 0.2) is 0 Å². The lowest BCUT2D eigenvalue weighted by atomic mass is 9.90. The van der Waals surface area contributed by atoms with Crippen LogP contribution in [0.2, 0.25) is 0 Å². The van der Waals surface area contributed by atoms with Crippen molar-refractivity contribution in [2.24, 2.45) is 17.3 Å². The summed E-state index contributed by atoms with van der Waals surface area (Å²) < 4.78 is 5.77. The Kier molecular flexibility index (Phi) is 8.36. The van der Waals surface area contributed by atoms with Crippen LogP contribution in [-0.4, -0.2) is 12.1 Å². The smallest absolute Gasteiger partial charge is 0.311 e. The minimum atomic E-state index is -0.353. The highest BCUT2D eigenvalue weighted by Gasteiger charge is 2.29. The molecule has 0 fully saturated rings. The number of hydrogen-bond acceptors (Lipinski definition) is 2. The first-order chi connectivity index (χ1) is 8.69. The van der Waals surface area contributed by atoms with E-state index in [1.165, 1.54) is 0 Å². The van der Waals surface area contributed by atoms with Crippen molar-refractivity contribution in [3.8, 4) is 0 Å². The largest absolute Gasteiger partial charge is 0.462 e. The predicted molar refractivity (Wildman–Crippen MR) is 82.1 cm³/mol. The van der Waals surface area contributed by atoms with Crippen LogP contribution >= 0.6 is 0 Å². The van der Waals surface area contributed by atoms with Crippen LogP contribution in [0.15, 0.2) is 0 Å². The van der Waals surface area contributed by atoms with Crippen LogP contribution in [0.5, 0.6) is 0 Å². The Hall–Kier alpha value is -0.530. The van der Waals surface area contributed by atoms with Gasteiger partial charge in [0.1, 0.15) is 6.10 Å². The van der Waals surface area contributed by atoms with Crippen molar-refractivity contribution in [2.75, 3.05) is 0 Å². The zero-order chi connectivity index (χ0) is 15.1. The summed E-state index contributed by atoms with van der Waals surface area (Å²) in [5, 5.41) is 0. The number of carbonyl (C=O) groups excluding carboxylic acids is 1. The topological polar surface area (TPSA) is 26.3 Å². The number of esters is 1. The Bertz CT molecular complexity index is 242. The van der Waals surface area contributed by atoms with Crippen LogP contribution in [0, 0.1) is 17.3 Å². The molecule has 0 aromatic carbocycles. The Morgan fingerprint density at radius 1 is 0.947 bits per heavy atom. The zero-order valence-corrected chi connectivity index (χ0v) is 14.1. The molecule has 2 heteroatoms. The zero-order valence-electron chi connectivity index (χ0n) is 14.1. The van der Waals surface area contributed by atoms with E-state index in [9.17, 15) is 4.79 Å². The monoisotopic (exact) mass is 270 g/mol. The predicted octanol–water partition coefficient (Wildman–Crippen LogP) is 5.21. The summed E-state index contributed by atoms with van der Waals surface area (Å²) in [6.07, 6.45) is 5.17. The van der Waals surface area contributed by atoms with E-state index in [0.717, 1.165) is 32.1 Å². The number of rotatable bonds is 9. The van der Waals surface area contributed by atoms with E-state index in [0.29, 0.717) is 11.8 Å². The lowest BCUT2D eigenvalue weighted by Gasteiger charge is -2.26. The average Bonchev–Trinajstić information content (AvgIpc) is 2.31. The first-order valence-corrected chi connectivity index (χ1v) is 7.90. The Labute approximate surface area is 120 Å². The summed E-state index contributed by atoms with van der Waals surface area (Å²) in [6, 6.07) is 0. The highest BCUT2D eigenvalue weighted by molar-refractivity contribution is 5.75. The van der Waals surface area contributed by atoms with Gasteiger partial charge in [0.2, 0.25) is 0 Å². The minimum Gasteiger partial charge on any atom is -0.462 e. The van der Waals surface area contributed by atoms with Crippen LogP contribution in [-0.2, 0) is 9.53 Å². The van der Waals surface area contributed by atoms with Crippen molar-refractivity contribution < 1.29 is 9.53 Å². The molecule has 0 heterocycles. The van der Waals surface area contributed by atoms with Gasteiger partial charge in [-0.3, -0.25) is 4.79 Å². The Morgan fingerprint density at radius 2 is 1.37 bits per heavy atom. The number of ether oxygens (including phenoxy) is 1. The fourth-order valence-corrected chi connectivity index (χ4v) is 1.76. The van der Waals surface area contributed by atoms with Crippen LogP contribution in [0.1, 0.15) is 80.6 Å². The summed E-state index contributed by atoms with van der Waals surface area (Å²) in [5.41, 5.74) is -0.353. The molecule has 2 nitrogen and oxygen atoms in total. The third kappa shape index (κ3) is 8.28. The van der Waals surface area contributed by atoms with Gasteiger partial charge in [-0.15, -0.1) is 0 Å². The molecule has 0 N–H and O–H groups in total. The Morgan fingerprint density at radius 3 is 1.68 bits per heavy atom. The first-order valence-electron chi connectivity index (χ1n) is 7.90. The summed E-state index contributed by atoms with van der Waals surface area (Å²) in [4.78, 5) is 12.2. The molecule has 0 amide bonds. The molecule has 0 bridgehead atoms. The number of carbonyl (C=O) groups is 1. The molecule has 0 atom stereocenters. The van der Waals surface area contributed by atoms with Crippen LogP contribution in [0.3, 0.4) is 0 Å². The lowest BCUT2D eigenvalue weighted by molar-refractivity contribution is -0.160. The summed E-state index contributed by atoms with van der Waals surface area (Å²) in [5.74, 6) is 1.30. The molecule has 0 aromatic rings. The molecule has 0 saturated carbocycles. The molecule has 19 heavy (non-hydrogen) atoms. The number of hydrogen-bond donors (Lipinski definition) is 0. The van der Waals surface area contributed by atoms with E-state index in [4.69, 9.17) is 4.74 Å². The van der Waals surface area contributed by atoms with Gasteiger partial charge in [-0.1, -0.05) is 34.6 Å². The molecule has 0 rings (SSSR count). The van der Waals surface area contributed by atoms with Gasteiger partial charge in [-0.25, -0.2) is 0 Å². The molecule has 0 aliphatic rings. The lowest BCUT2D eigenvalue weighted by Crippen LogP contribution is -2.30. The molecular weight excluding hydrogens is 236 g/mol. The van der Waals surface area contributed by atoms with Crippen molar-refractivity contribution in [1.29, 1.82) is 0 Å². The molecule has 0 aromatic heterocycles. The van der Waals surface area contributed by atoms with Crippen molar-refractivity contribution in [1.82, 2.24) is 0 Å². The fourth-order valence-electron chi connectivity index (χ4n) is 1.76. The Balaban J connectivity index is 4.43. The summed E-state index contributed by atoms with van der Waals surface area (Å²) in [7, 11) is 0. The summed E-state index contributed by atoms with van der Waals surface area (Å²) >= 11 is 0. The third-order valence-corrected chi connectivity index (χ3v) is 3.84. The minimum absolute atomic E-state index is 0.0347. The van der Waals surface area contributed by atoms with Gasteiger partial charge in [0.25, 0.3) is 0 Å². The fraction of sp³-hybridized carbons (Fsp3) is 0.941. The quantitative estimate of drug-likeness (QED) is 0.538. The second kappa shape index (κ2) is 8.60. The SMILES string of the molecule is CCC(C)(C)C(=O)OC(CCC(C)C)CCC(C)C. The summed E-state index contributed by atoms with van der Waals surface area (Å²) in [6.45, 7) is 14.9. The van der Waals surface area contributed by atoms with Crippen molar-refractivity contribution in [2.45, 2.75) is 86.7 Å². The second-order valence-corrected chi connectivity index (χ2v) is 7.21. The van der Waals surface area contributed by atoms with Gasteiger partial charge < -0.3 is 4.74 Å². The molecule has 0 radical (unpaired) electrons. The molecule has 0 saturated heterocycles. The van der Waals surface area contributed by atoms with E-state index in [1.807, 2.05) is 20.8 Å². The van der Waals surface area contributed by atoms with Crippen molar-refractivity contribution >= 4 is 5.97 Å². The van der Waals surface area contributed by atoms with E-state index < -0.39 is 0 Å². The van der Waals surface area contributed by atoms with Gasteiger partial charge in [-0.05, 0) is 57.8 Å². The maximum atomic E-state index is 12.2. The van der Waals surface area contributed by atoms with Gasteiger partial charge in [-0.2, -0.15) is 0 Å². The van der Waals surface area contributed by atoms with Crippen LogP contribution in [0.4, 0.5) is 0 Å². The van der Waals surface area contributed by atoms with E-state index in [-0.39, 0.29) is 17.5 Å². The van der Waals surface area contributed by atoms with Gasteiger partial charge >= 0.3 is 5.97 Å². The standard InChI is InChI=1S/C17H34O2/c1-8-17(6,7)16(18)19-15(11-9-13(2)3)12-10-14(4)5/h13-15H,8-12H2,1-7H3. The van der Waals surface area contributed by atoms with E-state index >= 15 is 0 Å². The van der Waals surface area contributed by atoms with Crippen LogP contribution < -0.4 is 0 Å². The maximum absolute atomic E-state index is 12.2. The van der Waals surface area contributed by atoms with Crippen molar-refractivity contribution in [3.05, 3.63) is 0 Å². The third-order valence-electron chi connectivity index (χ3n) is 3.84. The second-order valence-electron chi connectivity index (χ2n) is 7.21.